The molecule has 0 aliphatic carbocycles. The maximum Gasteiger partial charge on any atom is 0.279 e. The van der Waals surface area contributed by atoms with Crippen LogP contribution in [0, 0.1) is 5.82 Å². The van der Waals surface area contributed by atoms with Gasteiger partial charge in [-0.05, 0) is 48.5 Å². The molecule has 1 aliphatic heterocycles. The summed E-state index contributed by atoms with van der Waals surface area (Å²) in [6.07, 6.45) is 1.91. The number of benzene rings is 2. The molecule has 2 heterocycles. The van der Waals surface area contributed by atoms with Crippen LogP contribution in [0.15, 0.2) is 59.2 Å². The summed E-state index contributed by atoms with van der Waals surface area (Å²) < 4.78 is 19.9. The number of quaternary nitrogens is 1. The molecule has 1 fully saturated rings. The lowest BCUT2D eigenvalue weighted by Crippen LogP contribution is -3.13. The molecule has 0 bridgehead atoms. The Bertz CT molecular complexity index is 877. The summed E-state index contributed by atoms with van der Waals surface area (Å²) in [6.45, 7) is 5.01. The third-order valence-electron chi connectivity index (χ3n) is 4.64. The van der Waals surface area contributed by atoms with Crippen LogP contribution in [0.3, 0.4) is 0 Å². The first-order chi connectivity index (χ1) is 13.2. The Kier molecular flexibility index (Phi) is 5.71. The summed E-state index contributed by atoms with van der Waals surface area (Å²) in [5, 5.41) is 0.677. The highest BCUT2D eigenvalue weighted by molar-refractivity contribution is 9.10. The van der Waals surface area contributed by atoms with Crippen molar-refractivity contribution in [2.75, 3.05) is 31.1 Å². The lowest BCUT2D eigenvalue weighted by molar-refractivity contribution is -0.914. The third kappa shape index (κ3) is 4.86. The number of hydrogen-bond donors (Lipinski definition) is 1. The first kappa shape index (κ1) is 18.4. The van der Waals surface area contributed by atoms with E-state index in [2.05, 4.69) is 25.8 Å². The second-order valence-corrected chi connectivity index (χ2v) is 8.53. The smallest absolute Gasteiger partial charge is 0.279 e. The Balaban J connectivity index is 1.30. The maximum atomic E-state index is 13.1. The standard InChI is InChI=1S/C20H19BrFN3OS/c21-15-1-7-18(8-2-15)26-20-23-13-19(27-20)14-24-9-11-25(12-10-24)17-5-3-16(22)4-6-17/h1-8,13H,9-12,14H2/p+1. The number of aromatic nitrogens is 1. The van der Waals surface area contributed by atoms with Crippen LogP contribution in [-0.4, -0.2) is 31.2 Å². The number of nitrogens with zero attached hydrogens (tertiary/aromatic N) is 2. The van der Waals surface area contributed by atoms with Gasteiger partial charge in [0.15, 0.2) is 0 Å². The molecule has 1 saturated heterocycles. The molecule has 3 aromatic rings. The minimum atomic E-state index is -0.186. The molecule has 2 aromatic carbocycles. The SMILES string of the molecule is Fc1ccc(N2CC[NH+](Cc3cnc(Oc4ccc(Br)cc4)s3)CC2)cc1. The fourth-order valence-corrected chi connectivity index (χ4v) is 4.29. The molecule has 0 amide bonds. The van der Waals surface area contributed by atoms with Crippen molar-refractivity contribution in [2.45, 2.75) is 6.54 Å². The number of hydrogen-bond acceptors (Lipinski definition) is 4. The van der Waals surface area contributed by atoms with Crippen molar-refractivity contribution in [1.82, 2.24) is 4.98 Å². The van der Waals surface area contributed by atoms with E-state index in [0.29, 0.717) is 5.19 Å². The Morgan fingerprint density at radius 1 is 1.07 bits per heavy atom. The number of nitrogens with one attached hydrogen (secondary N) is 1. The Morgan fingerprint density at radius 2 is 1.78 bits per heavy atom. The third-order valence-corrected chi connectivity index (χ3v) is 6.04. The Hall–Kier alpha value is -1.96. The molecule has 0 radical (unpaired) electrons. The number of halogens is 2. The van der Waals surface area contributed by atoms with Gasteiger partial charge in [0.25, 0.3) is 5.19 Å². The number of rotatable bonds is 5. The molecule has 0 spiro atoms. The fraction of sp³-hybridized carbons (Fsp3) is 0.250. The first-order valence-corrected chi connectivity index (χ1v) is 10.5. The van der Waals surface area contributed by atoms with Crippen molar-refractivity contribution < 1.29 is 14.0 Å². The predicted octanol–water partition coefficient (Wildman–Crippen LogP) is 3.74. The van der Waals surface area contributed by atoms with Crippen molar-refractivity contribution in [1.29, 1.82) is 0 Å². The molecule has 0 atom stereocenters. The predicted molar refractivity (Wildman–Crippen MR) is 109 cm³/mol. The van der Waals surface area contributed by atoms with Crippen molar-refractivity contribution in [3.63, 3.8) is 0 Å². The van der Waals surface area contributed by atoms with Gasteiger partial charge in [0.05, 0.1) is 37.3 Å². The second kappa shape index (κ2) is 8.37. The van der Waals surface area contributed by atoms with E-state index in [1.54, 1.807) is 11.3 Å². The van der Waals surface area contributed by atoms with Crippen molar-refractivity contribution in [3.8, 4) is 10.9 Å². The van der Waals surface area contributed by atoms with Crippen molar-refractivity contribution in [3.05, 3.63) is 69.9 Å². The van der Waals surface area contributed by atoms with Gasteiger partial charge in [-0.25, -0.2) is 9.37 Å². The summed E-state index contributed by atoms with van der Waals surface area (Å²) in [6, 6.07) is 14.5. The minimum Gasteiger partial charge on any atom is -0.431 e. The molecule has 1 aliphatic rings. The first-order valence-electron chi connectivity index (χ1n) is 8.88. The lowest BCUT2D eigenvalue weighted by Gasteiger charge is -2.33. The van der Waals surface area contributed by atoms with E-state index >= 15 is 0 Å². The molecule has 27 heavy (non-hydrogen) atoms. The van der Waals surface area contributed by atoms with E-state index < -0.39 is 0 Å². The highest BCUT2D eigenvalue weighted by atomic mass is 79.9. The maximum absolute atomic E-state index is 13.1. The molecule has 140 valence electrons. The van der Waals surface area contributed by atoms with Crippen LogP contribution in [0.1, 0.15) is 4.88 Å². The topological polar surface area (TPSA) is 29.8 Å². The molecule has 1 aromatic heterocycles. The van der Waals surface area contributed by atoms with Gasteiger partial charge in [-0.1, -0.05) is 27.3 Å². The zero-order valence-electron chi connectivity index (χ0n) is 14.7. The number of piperazine rings is 1. The summed E-state index contributed by atoms with van der Waals surface area (Å²) in [5.74, 6) is 0.605. The van der Waals surface area contributed by atoms with Crippen molar-refractivity contribution in [2.24, 2.45) is 0 Å². The monoisotopic (exact) mass is 448 g/mol. The molecule has 7 heteroatoms. The summed E-state index contributed by atoms with van der Waals surface area (Å²) >= 11 is 5.02. The normalized spacial score (nSPS) is 15.1. The Labute approximate surface area is 170 Å². The molecule has 0 saturated carbocycles. The van der Waals surface area contributed by atoms with Gasteiger partial charge in [0.1, 0.15) is 18.1 Å². The average molecular weight is 449 g/mol. The largest absolute Gasteiger partial charge is 0.431 e. The molecule has 4 rings (SSSR count). The van der Waals surface area contributed by atoms with E-state index in [1.807, 2.05) is 42.6 Å². The van der Waals surface area contributed by atoms with E-state index in [-0.39, 0.29) is 5.82 Å². The van der Waals surface area contributed by atoms with E-state index in [9.17, 15) is 4.39 Å². The van der Waals surface area contributed by atoms with Crippen LogP contribution >= 0.6 is 27.3 Å². The van der Waals surface area contributed by atoms with Crippen LogP contribution in [0.2, 0.25) is 0 Å². The van der Waals surface area contributed by atoms with Crippen LogP contribution in [0.25, 0.3) is 0 Å². The molecule has 1 N–H and O–H groups in total. The highest BCUT2D eigenvalue weighted by Crippen LogP contribution is 2.27. The molecule has 4 nitrogen and oxygen atoms in total. The van der Waals surface area contributed by atoms with Crippen LogP contribution < -0.4 is 14.5 Å². The molecule has 0 unspecified atom stereocenters. The van der Waals surface area contributed by atoms with E-state index in [4.69, 9.17) is 4.74 Å². The summed E-state index contributed by atoms with van der Waals surface area (Å²) in [5.41, 5.74) is 1.10. The van der Waals surface area contributed by atoms with Crippen LogP contribution in [-0.2, 0) is 6.54 Å². The van der Waals surface area contributed by atoms with Crippen molar-refractivity contribution >= 4 is 33.0 Å². The summed E-state index contributed by atoms with van der Waals surface area (Å²) in [7, 11) is 0. The van der Waals surface area contributed by atoms with Gasteiger partial charge >= 0.3 is 0 Å². The number of anilines is 1. The second-order valence-electron chi connectivity index (χ2n) is 6.54. The average Bonchev–Trinajstić information content (AvgIpc) is 3.12. The minimum absolute atomic E-state index is 0.186. The van der Waals surface area contributed by atoms with Gasteiger partial charge in [-0.2, -0.15) is 0 Å². The summed E-state index contributed by atoms with van der Waals surface area (Å²) in [4.78, 5) is 9.48. The number of ether oxygens (including phenoxy) is 1. The van der Waals surface area contributed by atoms with E-state index in [1.165, 1.54) is 21.9 Å². The zero-order valence-corrected chi connectivity index (χ0v) is 17.1. The molecular weight excluding hydrogens is 429 g/mol. The lowest BCUT2D eigenvalue weighted by atomic mass is 10.2. The highest BCUT2D eigenvalue weighted by Gasteiger charge is 2.21. The van der Waals surface area contributed by atoms with Gasteiger partial charge in [0.2, 0.25) is 0 Å². The molecular formula is C20H20BrFN3OS+. The fourth-order valence-electron chi connectivity index (χ4n) is 3.18. The quantitative estimate of drug-likeness (QED) is 0.644. The van der Waals surface area contributed by atoms with Crippen LogP contribution in [0.5, 0.6) is 10.9 Å². The Morgan fingerprint density at radius 3 is 2.48 bits per heavy atom. The van der Waals surface area contributed by atoms with Gasteiger partial charge in [-0.15, -0.1) is 0 Å². The van der Waals surface area contributed by atoms with Gasteiger partial charge in [-0.3, -0.25) is 0 Å². The van der Waals surface area contributed by atoms with Crippen LogP contribution in [0.4, 0.5) is 10.1 Å². The zero-order chi connectivity index (χ0) is 18.6. The van der Waals surface area contributed by atoms with E-state index in [0.717, 1.165) is 48.6 Å². The van der Waals surface area contributed by atoms with Gasteiger partial charge < -0.3 is 14.5 Å². The van der Waals surface area contributed by atoms with Gasteiger partial charge in [0, 0.05) is 10.2 Å². The number of thiazole rings is 1.